The first-order valence-corrected chi connectivity index (χ1v) is 6.17. The van der Waals surface area contributed by atoms with Crippen molar-refractivity contribution in [2.45, 2.75) is 32.1 Å². The zero-order valence-corrected chi connectivity index (χ0v) is 9.69. The first-order valence-electron chi connectivity index (χ1n) is 6.17. The van der Waals surface area contributed by atoms with Gasteiger partial charge in [-0.15, -0.1) is 0 Å². The highest BCUT2D eigenvalue weighted by Crippen LogP contribution is 2.29. The van der Waals surface area contributed by atoms with Crippen LogP contribution in [0.5, 0.6) is 0 Å². The predicted molar refractivity (Wildman–Crippen MR) is 64.7 cm³/mol. The molecule has 3 rings (SSSR count). The minimum atomic E-state index is 0.251. The molecule has 0 aliphatic heterocycles. The number of para-hydroxylation sites is 2. The van der Waals surface area contributed by atoms with Crippen molar-refractivity contribution >= 4 is 16.9 Å². The van der Waals surface area contributed by atoms with Gasteiger partial charge in [0.2, 0.25) is 5.89 Å². The lowest BCUT2D eigenvalue weighted by Gasteiger charge is -2.23. The maximum atomic E-state index is 11.8. The highest BCUT2D eigenvalue weighted by atomic mass is 16.3. The Labute approximate surface area is 99.8 Å². The van der Waals surface area contributed by atoms with Gasteiger partial charge in [-0.3, -0.25) is 4.79 Å². The van der Waals surface area contributed by atoms with Crippen LogP contribution < -0.4 is 0 Å². The Balaban J connectivity index is 1.69. The lowest BCUT2D eigenvalue weighted by atomic mass is 9.81. The number of oxazole rings is 1. The number of hydrogen-bond donors (Lipinski definition) is 0. The fourth-order valence-corrected chi connectivity index (χ4v) is 2.26. The van der Waals surface area contributed by atoms with Crippen molar-refractivity contribution in [3.05, 3.63) is 30.2 Å². The summed E-state index contributed by atoms with van der Waals surface area (Å²) in [6.45, 7) is 0. The fourth-order valence-electron chi connectivity index (χ4n) is 2.26. The molecule has 1 aromatic carbocycles. The Bertz CT molecular complexity index is 507. The van der Waals surface area contributed by atoms with Gasteiger partial charge in [0.25, 0.3) is 0 Å². The zero-order valence-electron chi connectivity index (χ0n) is 9.69. The van der Waals surface area contributed by atoms with Crippen LogP contribution in [0, 0.1) is 5.92 Å². The van der Waals surface area contributed by atoms with Gasteiger partial charge < -0.3 is 4.42 Å². The van der Waals surface area contributed by atoms with Crippen LogP contribution in [0.3, 0.4) is 0 Å². The highest BCUT2D eigenvalue weighted by Gasteiger charge is 2.21. The SMILES string of the molecule is O=C(Cc1nc2ccccc2o1)CC1CCC1. The van der Waals surface area contributed by atoms with E-state index in [1.54, 1.807) is 0 Å². The minimum Gasteiger partial charge on any atom is -0.440 e. The predicted octanol–water partition coefficient (Wildman–Crippen LogP) is 3.13. The molecule has 3 nitrogen and oxygen atoms in total. The summed E-state index contributed by atoms with van der Waals surface area (Å²) in [6, 6.07) is 7.61. The normalized spacial score (nSPS) is 16.0. The molecule has 1 aliphatic carbocycles. The number of carbonyl (C=O) groups is 1. The maximum Gasteiger partial charge on any atom is 0.202 e. The Morgan fingerprint density at radius 2 is 2.18 bits per heavy atom. The van der Waals surface area contributed by atoms with Crippen molar-refractivity contribution in [3.8, 4) is 0 Å². The number of nitrogens with zero attached hydrogens (tertiary/aromatic N) is 1. The van der Waals surface area contributed by atoms with E-state index in [4.69, 9.17) is 4.42 Å². The molecular formula is C14H15NO2. The van der Waals surface area contributed by atoms with Gasteiger partial charge >= 0.3 is 0 Å². The largest absolute Gasteiger partial charge is 0.440 e. The van der Waals surface area contributed by atoms with E-state index in [1.165, 1.54) is 19.3 Å². The number of ketones is 1. The van der Waals surface area contributed by atoms with E-state index in [0.29, 0.717) is 24.7 Å². The summed E-state index contributed by atoms with van der Waals surface area (Å²) in [6.07, 6.45) is 4.73. The Hall–Kier alpha value is -1.64. The number of fused-ring (bicyclic) bond motifs is 1. The molecule has 1 saturated carbocycles. The second kappa shape index (κ2) is 4.32. The quantitative estimate of drug-likeness (QED) is 0.809. The van der Waals surface area contributed by atoms with E-state index in [-0.39, 0.29) is 5.78 Å². The summed E-state index contributed by atoms with van der Waals surface area (Å²) in [5, 5.41) is 0. The number of aromatic nitrogens is 1. The third-order valence-corrected chi connectivity index (χ3v) is 3.43. The van der Waals surface area contributed by atoms with Crippen LogP contribution in [0.2, 0.25) is 0 Å². The average Bonchev–Trinajstić information content (AvgIpc) is 2.65. The third-order valence-electron chi connectivity index (χ3n) is 3.43. The van der Waals surface area contributed by atoms with E-state index in [1.807, 2.05) is 24.3 Å². The van der Waals surface area contributed by atoms with Crippen molar-refractivity contribution < 1.29 is 9.21 Å². The van der Waals surface area contributed by atoms with Gasteiger partial charge in [-0.1, -0.05) is 31.4 Å². The molecule has 0 unspecified atom stereocenters. The lowest BCUT2D eigenvalue weighted by molar-refractivity contribution is -0.120. The fraction of sp³-hybridized carbons (Fsp3) is 0.429. The van der Waals surface area contributed by atoms with Crippen LogP contribution in [0.15, 0.2) is 28.7 Å². The van der Waals surface area contributed by atoms with Gasteiger partial charge in [0.15, 0.2) is 5.58 Å². The van der Waals surface area contributed by atoms with Gasteiger partial charge in [-0.25, -0.2) is 4.98 Å². The molecule has 88 valence electrons. The first kappa shape index (κ1) is 10.5. The van der Waals surface area contributed by atoms with Gasteiger partial charge in [-0.2, -0.15) is 0 Å². The van der Waals surface area contributed by atoms with Crippen molar-refractivity contribution in [2.24, 2.45) is 5.92 Å². The Morgan fingerprint density at radius 1 is 1.35 bits per heavy atom. The lowest BCUT2D eigenvalue weighted by Crippen LogP contribution is -2.17. The van der Waals surface area contributed by atoms with E-state index in [2.05, 4.69) is 4.98 Å². The molecule has 17 heavy (non-hydrogen) atoms. The first-order chi connectivity index (χ1) is 8.31. The van der Waals surface area contributed by atoms with E-state index < -0.39 is 0 Å². The smallest absolute Gasteiger partial charge is 0.202 e. The summed E-state index contributed by atoms with van der Waals surface area (Å²) in [5.41, 5.74) is 1.60. The number of hydrogen-bond acceptors (Lipinski definition) is 3. The van der Waals surface area contributed by atoms with Crippen LogP contribution in [-0.2, 0) is 11.2 Å². The Morgan fingerprint density at radius 3 is 2.88 bits per heavy atom. The summed E-state index contributed by atoms with van der Waals surface area (Å²) in [5.74, 6) is 1.42. The highest BCUT2D eigenvalue weighted by molar-refractivity contribution is 5.81. The molecular weight excluding hydrogens is 214 g/mol. The average molecular weight is 229 g/mol. The number of carbonyl (C=O) groups excluding carboxylic acids is 1. The summed E-state index contributed by atoms with van der Waals surface area (Å²) >= 11 is 0. The molecule has 0 N–H and O–H groups in total. The number of rotatable bonds is 4. The van der Waals surface area contributed by atoms with Crippen LogP contribution in [-0.4, -0.2) is 10.8 Å². The van der Waals surface area contributed by atoms with E-state index >= 15 is 0 Å². The summed E-state index contributed by atoms with van der Waals surface area (Å²) < 4.78 is 5.54. The van der Waals surface area contributed by atoms with Crippen molar-refractivity contribution in [2.75, 3.05) is 0 Å². The number of Topliss-reactive ketones (excluding diaryl/α,β-unsaturated/α-hetero) is 1. The summed E-state index contributed by atoms with van der Waals surface area (Å²) in [7, 11) is 0. The van der Waals surface area contributed by atoms with E-state index in [0.717, 1.165) is 11.1 Å². The zero-order chi connectivity index (χ0) is 11.7. The second-order valence-electron chi connectivity index (χ2n) is 4.79. The van der Waals surface area contributed by atoms with Crippen molar-refractivity contribution in [1.29, 1.82) is 0 Å². The molecule has 0 bridgehead atoms. The van der Waals surface area contributed by atoms with Gasteiger partial charge in [0.1, 0.15) is 11.3 Å². The topological polar surface area (TPSA) is 43.1 Å². The van der Waals surface area contributed by atoms with Crippen LogP contribution in [0.4, 0.5) is 0 Å². The van der Waals surface area contributed by atoms with E-state index in [9.17, 15) is 4.79 Å². The molecule has 1 aromatic heterocycles. The molecule has 0 atom stereocenters. The van der Waals surface area contributed by atoms with Crippen LogP contribution >= 0.6 is 0 Å². The summed E-state index contributed by atoms with van der Waals surface area (Å²) in [4.78, 5) is 16.1. The molecule has 1 heterocycles. The van der Waals surface area contributed by atoms with Crippen molar-refractivity contribution in [3.63, 3.8) is 0 Å². The molecule has 0 radical (unpaired) electrons. The molecule has 3 heteroatoms. The van der Waals surface area contributed by atoms with Crippen LogP contribution in [0.25, 0.3) is 11.1 Å². The molecule has 1 aliphatic rings. The molecule has 1 fully saturated rings. The molecule has 0 saturated heterocycles. The molecule has 0 amide bonds. The molecule has 0 spiro atoms. The van der Waals surface area contributed by atoms with Gasteiger partial charge in [0, 0.05) is 6.42 Å². The molecule has 2 aromatic rings. The minimum absolute atomic E-state index is 0.251. The van der Waals surface area contributed by atoms with Gasteiger partial charge in [-0.05, 0) is 18.1 Å². The maximum absolute atomic E-state index is 11.8. The second-order valence-corrected chi connectivity index (χ2v) is 4.79. The van der Waals surface area contributed by atoms with Crippen LogP contribution in [0.1, 0.15) is 31.6 Å². The monoisotopic (exact) mass is 229 g/mol. The Kier molecular flexibility index (Phi) is 2.67. The standard InChI is InChI=1S/C14H15NO2/c16-11(8-10-4-3-5-10)9-14-15-12-6-1-2-7-13(12)17-14/h1-2,6-7,10H,3-5,8-9H2. The van der Waals surface area contributed by atoms with Crippen molar-refractivity contribution in [1.82, 2.24) is 4.98 Å². The third kappa shape index (κ3) is 2.23. The van der Waals surface area contributed by atoms with Gasteiger partial charge in [0.05, 0.1) is 6.42 Å². The number of benzene rings is 1.